The number of amides is 1. The van der Waals surface area contributed by atoms with Crippen molar-refractivity contribution in [2.75, 3.05) is 18.9 Å². The highest BCUT2D eigenvalue weighted by Gasteiger charge is 2.42. The lowest BCUT2D eigenvalue weighted by molar-refractivity contribution is -0.132. The summed E-state index contributed by atoms with van der Waals surface area (Å²) in [5, 5.41) is 8.47. The third-order valence-corrected chi connectivity index (χ3v) is 6.37. The van der Waals surface area contributed by atoms with Gasteiger partial charge in [-0.05, 0) is 25.2 Å². The molecule has 0 bridgehead atoms. The van der Waals surface area contributed by atoms with Gasteiger partial charge in [0.2, 0.25) is 5.91 Å². The Labute approximate surface area is 108 Å². The minimum Gasteiger partial charge on any atom is -0.394 e. The average molecular weight is 275 g/mol. The molecule has 2 aliphatic rings. The monoisotopic (exact) mass is 275 g/mol. The van der Waals surface area contributed by atoms with E-state index < -0.39 is 15.1 Å². The summed E-state index contributed by atoms with van der Waals surface area (Å²) in [6.45, 7) is 2.47. The molecule has 1 N–H and O–H groups in total. The normalized spacial score (nSPS) is 35.7. The highest BCUT2D eigenvalue weighted by molar-refractivity contribution is 7.92. The Kier molecular flexibility index (Phi) is 3.96. The van der Waals surface area contributed by atoms with Gasteiger partial charge in [-0.15, -0.1) is 0 Å². The Morgan fingerprint density at radius 1 is 1.33 bits per heavy atom. The number of carbonyl (C=O) groups excluding carboxylic acids is 1. The fourth-order valence-corrected chi connectivity index (χ4v) is 4.84. The molecule has 0 spiro atoms. The van der Waals surface area contributed by atoms with Gasteiger partial charge in [-0.2, -0.15) is 0 Å². The largest absolute Gasteiger partial charge is 0.394 e. The van der Waals surface area contributed by atoms with E-state index in [4.69, 9.17) is 0 Å². The van der Waals surface area contributed by atoms with Crippen molar-refractivity contribution in [1.82, 2.24) is 4.90 Å². The lowest BCUT2D eigenvalue weighted by atomic mass is 10.0. The van der Waals surface area contributed by atoms with Crippen LogP contribution in [0.25, 0.3) is 0 Å². The number of carbonyl (C=O) groups is 1. The SMILES string of the molecule is CC1CCN(C(=O)C2CCCCS2(=O)=O)C1CO. The summed E-state index contributed by atoms with van der Waals surface area (Å²) in [4.78, 5) is 13.9. The molecule has 2 rings (SSSR count). The number of hydrogen-bond acceptors (Lipinski definition) is 4. The van der Waals surface area contributed by atoms with E-state index in [-0.39, 0.29) is 30.2 Å². The fourth-order valence-electron chi connectivity index (χ4n) is 2.98. The maximum absolute atomic E-state index is 12.4. The zero-order valence-corrected chi connectivity index (χ0v) is 11.5. The van der Waals surface area contributed by atoms with Crippen LogP contribution >= 0.6 is 0 Å². The molecule has 0 aromatic rings. The summed E-state index contributed by atoms with van der Waals surface area (Å²) in [6, 6.07) is -0.213. The lowest BCUT2D eigenvalue weighted by Gasteiger charge is -2.30. The van der Waals surface area contributed by atoms with Gasteiger partial charge in [0.1, 0.15) is 5.25 Å². The van der Waals surface area contributed by atoms with E-state index >= 15 is 0 Å². The van der Waals surface area contributed by atoms with Crippen LogP contribution in [0.15, 0.2) is 0 Å². The Morgan fingerprint density at radius 3 is 2.67 bits per heavy atom. The van der Waals surface area contributed by atoms with Gasteiger partial charge in [0, 0.05) is 6.54 Å². The van der Waals surface area contributed by atoms with Gasteiger partial charge in [0.15, 0.2) is 9.84 Å². The minimum absolute atomic E-state index is 0.0837. The third-order valence-electron chi connectivity index (χ3n) is 4.21. The van der Waals surface area contributed by atoms with Crippen LogP contribution in [0.4, 0.5) is 0 Å². The van der Waals surface area contributed by atoms with Crippen LogP contribution in [0.3, 0.4) is 0 Å². The van der Waals surface area contributed by atoms with Crippen LogP contribution in [0.5, 0.6) is 0 Å². The summed E-state index contributed by atoms with van der Waals surface area (Å²) in [5.41, 5.74) is 0. The van der Waals surface area contributed by atoms with E-state index in [9.17, 15) is 18.3 Å². The summed E-state index contributed by atoms with van der Waals surface area (Å²) >= 11 is 0. The van der Waals surface area contributed by atoms with Gasteiger partial charge in [0.25, 0.3) is 0 Å². The third kappa shape index (κ3) is 2.40. The van der Waals surface area contributed by atoms with Crippen molar-refractivity contribution in [3.63, 3.8) is 0 Å². The van der Waals surface area contributed by atoms with Crippen LogP contribution in [0.1, 0.15) is 32.6 Å². The Hall–Kier alpha value is -0.620. The maximum Gasteiger partial charge on any atom is 0.241 e. The van der Waals surface area contributed by atoms with Gasteiger partial charge in [-0.3, -0.25) is 4.79 Å². The van der Waals surface area contributed by atoms with Crippen molar-refractivity contribution in [3.05, 3.63) is 0 Å². The second kappa shape index (κ2) is 5.17. The van der Waals surface area contributed by atoms with Crippen molar-refractivity contribution < 1.29 is 18.3 Å². The second-order valence-electron chi connectivity index (χ2n) is 5.40. The first-order chi connectivity index (χ1) is 8.47. The molecule has 0 saturated carbocycles. The zero-order valence-electron chi connectivity index (χ0n) is 10.7. The summed E-state index contributed by atoms with van der Waals surface area (Å²) in [7, 11) is -3.28. The van der Waals surface area contributed by atoms with Crippen LogP contribution < -0.4 is 0 Å². The molecule has 3 unspecified atom stereocenters. The molecule has 18 heavy (non-hydrogen) atoms. The van der Waals surface area contributed by atoms with Crippen molar-refractivity contribution >= 4 is 15.7 Å². The molecule has 0 aliphatic carbocycles. The number of aliphatic hydroxyl groups excluding tert-OH is 1. The van der Waals surface area contributed by atoms with Gasteiger partial charge < -0.3 is 10.0 Å². The van der Waals surface area contributed by atoms with E-state index in [1.807, 2.05) is 6.92 Å². The van der Waals surface area contributed by atoms with Gasteiger partial charge in [-0.25, -0.2) is 8.42 Å². The summed E-state index contributed by atoms with van der Waals surface area (Å²) in [6.07, 6.45) is 2.72. The molecular formula is C12H21NO4S. The molecule has 1 amide bonds. The number of aliphatic hydroxyl groups is 1. The highest BCUT2D eigenvalue weighted by atomic mass is 32.2. The van der Waals surface area contributed by atoms with Gasteiger partial charge >= 0.3 is 0 Å². The molecule has 104 valence electrons. The number of hydrogen-bond donors (Lipinski definition) is 1. The van der Waals surface area contributed by atoms with E-state index in [1.165, 1.54) is 0 Å². The van der Waals surface area contributed by atoms with E-state index in [1.54, 1.807) is 4.90 Å². The van der Waals surface area contributed by atoms with Crippen molar-refractivity contribution in [2.24, 2.45) is 5.92 Å². The van der Waals surface area contributed by atoms with Crippen LogP contribution in [-0.4, -0.2) is 54.5 Å². The predicted octanol–water partition coefficient (Wildman–Crippen LogP) is 0.183. The number of sulfone groups is 1. The average Bonchev–Trinajstić information content (AvgIpc) is 2.69. The maximum atomic E-state index is 12.4. The number of rotatable bonds is 2. The Morgan fingerprint density at radius 2 is 2.06 bits per heavy atom. The summed E-state index contributed by atoms with van der Waals surface area (Å²) in [5.74, 6) is 0.0692. The van der Waals surface area contributed by atoms with Gasteiger partial charge in [-0.1, -0.05) is 13.3 Å². The smallest absolute Gasteiger partial charge is 0.241 e. The molecule has 2 saturated heterocycles. The first-order valence-electron chi connectivity index (χ1n) is 6.60. The van der Waals surface area contributed by atoms with Crippen molar-refractivity contribution in [1.29, 1.82) is 0 Å². The van der Waals surface area contributed by atoms with E-state index in [2.05, 4.69) is 0 Å². The molecular weight excluding hydrogens is 254 g/mol. The molecule has 5 nitrogen and oxygen atoms in total. The zero-order chi connectivity index (χ0) is 13.3. The fraction of sp³-hybridized carbons (Fsp3) is 0.917. The Bertz CT molecular complexity index is 420. The van der Waals surface area contributed by atoms with Crippen LogP contribution in [0, 0.1) is 5.92 Å². The first-order valence-corrected chi connectivity index (χ1v) is 8.32. The quantitative estimate of drug-likeness (QED) is 0.780. The molecule has 2 heterocycles. The lowest BCUT2D eigenvalue weighted by Crippen LogP contribution is -2.49. The first kappa shape index (κ1) is 13.8. The van der Waals surface area contributed by atoms with Crippen LogP contribution in [0.2, 0.25) is 0 Å². The number of nitrogens with zero attached hydrogens (tertiary/aromatic N) is 1. The van der Waals surface area contributed by atoms with Crippen molar-refractivity contribution in [3.8, 4) is 0 Å². The second-order valence-corrected chi connectivity index (χ2v) is 7.70. The molecule has 6 heteroatoms. The molecule has 0 radical (unpaired) electrons. The molecule has 2 aliphatic heterocycles. The predicted molar refractivity (Wildman–Crippen MR) is 67.8 cm³/mol. The van der Waals surface area contributed by atoms with Crippen LogP contribution in [-0.2, 0) is 14.6 Å². The highest BCUT2D eigenvalue weighted by Crippen LogP contribution is 2.28. The molecule has 0 aromatic heterocycles. The van der Waals surface area contributed by atoms with E-state index in [0.717, 1.165) is 12.8 Å². The standard InChI is InChI=1S/C12H21NO4S/c1-9-5-6-13(10(9)8-14)12(15)11-4-2-3-7-18(11,16)17/h9-11,14H,2-8H2,1H3. The summed E-state index contributed by atoms with van der Waals surface area (Å²) < 4.78 is 23.9. The molecule has 0 aromatic carbocycles. The minimum atomic E-state index is -3.28. The topological polar surface area (TPSA) is 74.7 Å². The Balaban J connectivity index is 2.16. The molecule has 3 atom stereocenters. The van der Waals surface area contributed by atoms with E-state index in [0.29, 0.717) is 19.4 Å². The van der Waals surface area contributed by atoms with Crippen molar-refractivity contribution in [2.45, 2.75) is 43.9 Å². The van der Waals surface area contributed by atoms with Gasteiger partial charge in [0.05, 0.1) is 18.4 Å². The molecule has 2 fully saturated rings. The number of likely N-dealkylation sites (tertiary alicyclic amines) is 1.